The molecule has 1 atom stereocenters. The van der Waals surface area contributed by atoms with E-state index in [1.54, 1.807) is 0 Å². The van der Waals surface area contributed by atoms with Gasteiger partial charge in [0.15, 0.2) is 0 Å². The largest absolute Gasteiger partial charge is 0.475 e. The van der Waals surface area contributed by atoms with Crippen LogP contribution in [-0.2, 0) is 9.53 Å². The first-order chi connectivity index (χ1) is 14.6. The van der Waals surface area contributed by atoms with E-state index in [4.69, 9.17) is 9.47 Å². The van der Waals surface area contributed by atoms with Crippen LogP contribution in [-0.4, -0.2) is 59.1 Å². The molecular formula is C23H40N3O3S+. The first-order valence-corrected chi connectivity index (χ1v) is 12.4. The van der Waals surface area contributed by atoms with Gasteiger partial charge in [-0.2, -0.15) is 4.37 Å². The Hall–Kier alpha value is -1.47. The summed E-state index contributed by atoms with van der Waals surface area (Å²) >= 11 is 1.21. The van der Waals surface area contributed by atoms with Gasteiger partial charge in [0, 0.05) is 12.0 Å². The second-order valence-electron chi connectivity index (χ2n) is 8.60. The fraction of sp³-hybridized carbons (Fsp3) is 0.783. The van der Waals surface area contributed by atoms with E-state index in [-0.39, 0.29) is 5.97 Å². The summed E-state index contributed by atoms with van der Waals surface area (Å²) in [6.45, 7) is 8.30. The first-order valence-electron chi connectivity index (χ1n) is 11.7. The first kappa shape index (κ1) is 24.8. The van der Waals surface area contributed by atoms with Crippen molar-refractivity contribution < 1.29 is 18.8 Å². The van der Waals surface area contributed by atoms with E-state index in [0.29, 0.717) is 25.5 Å². The van der Waals surface area contributed by atoms with Gasteiger partial charge >= 0.3 is 5.97 Å². The molecule has 2 rings (SSSR count). The molecule has 1 aliphatic rings. The topological polar surface area (TPSA) is 61.3 Å². The molecule has 0 aromatic carbocycles. The summed E-state index contributed by atoms with van der Waals surface area (Å²) in [5, 5.41) is 0. The van der Waals surface area contributed by atoms with Gasteiger partial charge in [0.1, 0.15) is 12.2 Å². The van der Waals surface area contributed by atoms with Crippen LogP contribution in [0.15, 0.2) is 6.08 Å². The van der Waals surface area contributed by atoms with Crippen LogP contribution in [0.25, 0.3) is 5.57 Å². The highest BCUT2D eigenvalue weighted by molar-refractivity contribution is 6.99. The zero-order valence-corrected chi connectivity index (χ0v) is 20.0. The zero-order chi connectivity index (χ0) is 21.7. The molecule has 0 radical (unpaired) electrons. The van der Waals surface area contributed by atoms with Crippen molar-refractivity contribution in [1.82, 2.24) is 8.75 Å². The average Bonchev–Trinajstić information content (AvgIpc) is 3.21. The molecule has 0 saturated heterocycles. The maximum absolute atomic E-state index is 12.1. The van der Waals surface area contributed by atoms with E-state index in [1.807, 2.05) is 0 Å². The number of likely N-dealkylation sites (N-methyl/N-ethyl adjacent to an activating group) is 1. The lowest BCUT2D eigenvalue weighted by Crippen LogP contribution is -2.48. The number of nitrogens with zero attached hydrogens (tertiary/aromatic N) is 3. The summed E-state index contributed by atoms with van der Waals surface area (Å²) in [7, 11) is 2.21. The van der Waals surface area contributed by atoms with Gasteiger partial charge in [-0.25, -0.2) is 0 Å². The number of quaternary nitrogens is 1. The van der Waals surface area contributed by atoms with Crippen molar-refractivity contribution in [3.8, 4) is 5.88 Å². The minimum Gasteiger partial charge on any atom is -0.475 e. The Balaban J connectivity index is 1.79. The second-order valence-corrected chi connectivity index (χ2v) is 9.13. The SMILES string of the molecule is CCCCCCOC(=O)CC[N+]1(C)CCC=C(c2nsnc2OCCCCCC)C1. The van der Waals surface area contributed by atoms with Gasteiger partial charge in [0.25, 0.3) is 5.88 Å². The number of unbranched alkanes of at least 4 members (excludes halogenated alkanes) is 6. The summed E-state index contributed by atoms with van der Waals surface area (Å²) in [6, 6.07) is 0. The Kier molecular flexibility index (Phi) is 11.4. The predicted octanol–water partition coefficient (Wildman–Crippen LogP) is 5.24. The maximum atomic E-state index is 12.1. The normalized spacial score (nSPS) is 18.8. The summed E-state index contributed by atoms with van der Waals surface area (Å²) in [5.41, 5.74) is 2.08. The van der Waals surface area contributed by atoms with Gasteiger partial charge in [0.2, 0.25) is 0 Å². The van der Waals surface area contributed by atoms with Crippen LogP contribution in [0.4, 0.5) is 0 Å². The van der Waals surface area contributed by atoms with Crippen molar-refractivity contribution in [2.24, 2.45) is 0 Å². The molecule has 1 aliphatic heterocycles. The maximum Gasteiger partial charge on any atom is 0.311 e. The molecule has 0 bridgehead atoms. The molecule has 1 aromatic heterocycles. The molecule has 6 nitrogen and oxygen atoms in total. The Morgan fingerprint density at radius 2 is 1.80 bits per heavy atom. The fourth-order valence-electron chi connectivity index (χ4n) is 3.78. The van der Waals surface area contributed by atoms with E-state index in [0.717, 1.165) is 55.5 Å². The number of hydrogen-bond donors (Lipinski definition) is 0. The van der Waals surface area contributed by atoms with Crippen molar-refractivity contribution in [3.05, 3.63) is 11.8 Å². The highest BCUT2D eigenvalue weighted by atomic mass is 32.1. The molecule has 7 heteroatoms. The smallest absolute Gasteiger partial charge is 0.311 e. The predicted molar refractivity (Wildman–Crippen MR) is 123 cm³/mol. The lowest BCUT2D eigenvalue weighted by atomic mass is 10.0. The van der Waals surface area contributed by atoms with E-state index in [9.17, 15) is 4.79 Å². The number of carbonyl (C=O) groups excluding carboxylic acids is 1. The van der Waals surface area contributed by atoms with Gasteiger partial charge in [0.05, 0.1) is 51.5 Å². The third-order valence-electron chi connectivity index (χ3n) is 5.73. The van der Waals surface area contributed by atoms with E-state index in [2.05, 4.69) is 35.7 Å². The summed E-state index contributed by atoms with van der Waals surface area (Å²) in [6.07, 6.45) is 12.9. The molecule has 1 aromatic rings. The van der Waals surface area contributed by atoms with Crippen LogP contribution < -0.4 is 4.74 Å². The van der Waals surface area contributed by atoms with Crippen LogP contribution in [0.5, 0.6) is 5.88 Å². The zero-order valence-electron chi connectivity index (χ0n) is 19.2. The minimum atomic E-state index is -0.0756. The summed E-state index contributed by atoms with van der Waals surface area (Å²) in [4.78, 5) is 12.1. The number of hydrogen-bond acceptors (Lipinski definition) is 6. The number of ether oxygens (including phenoxy) is 2. The second kappa shape index (κ2) is 13.8. The van der Waals surface area contributed by atoms with Crippen LogP contribution in [0.2, 0.25) is 0 Å². The lowest BCUT2D eigenvalue weighted by molar-refractivity contribution is -0.902. The standard InChI is InChI=1S/C23H40N3O3S/c1-4-6-8-10-17-28-21(27)14-16-26(3)15-12-13-20(19-26)22-23(25-30-24-22)29-18-11-9-7-5-2/h13H,4-12,14-19H2,1-3H3/q+1. The van der Waals surface area contributed by atoms with E-state index in [1.165, 1.54) is 49.4 Å². The lowest BCUT2D eigenvalue weighted by Gasteiger charge is -2.37. The Bertz CT molecular complexity index is 662. The van der Waals surface area contributed by atoms with Crippen molar-refractivity contribution >= 4 is 23.3 Å². The molecule has 30 heavy (non-hydrogen) atoms. The van der Waals surface area contributed by atoms with Crippen molar-refractivity contribution in [1.29, 1.82) is 0 Å². The number of esters is 1. The number of rotatable bonds is 15. The van der Waals surface area contributed by atoms with Gasteiger partial charge in [-0.3, -0.25) is 4.79 Å². The van der Waals surface area contributed by atoms with Crippen molar-refractivity contribution in [2.75, 3.05) is 39.9 Å². The van der Waals surface area contributed by atoms with Crippen LogP contribution in [0.1, 0.15) is 83.7 Å². The van der Waals surface area contributed by atoms with Crippen molar-refractivity contribution in [3.63, 3.8) is 0 Å². The number of aromatic nitrogens is 2. The third-order valence-corrected chi connectivity index (χ3v) is 6.24. The van der Waals surface area contributed by atoms with Crippen LogP contribution >= 0.6 is 11.7 Å². The Labute approximate surface area is 186 Å². The highest BCUT2D eigenvalue weighted by Crippen LogP contribution is 2.30. The molecule has 170 valence electrons. The van der Waals surface area contributed by atoms with Crippen LogP contribution in [0.3, 0.4) is 0 Å². The average molecular weight is 439 g/mol. The summed E-state index contributed by atoms with van der Waals surface area (Å²) < 4.78 is 21.1. The molecular weight excluding hydrogens is 398 g/mol. The van der Waals surface area contributed by atoms with Gasteiger partial charge in [-0.1, -0.05) is 58.4 Å². The highest BCUT2D eigenvalue weighted by Gasteiger charge is 2.30. The molecule has 0 aliphatic carbocycles. The van der Waals surface area contributed by atoms with Gasteiger partial charge in [-0.15, -0.1) is 4.37 Å². The Morgan fingerprint density at radius 3 is 2.53 bits per heavy atom. The monoisotopic (exact) mass is 438 g/mol. The molecule has 2 heterocycles. The van der Waals surface area contributed by atoms with Gasteiger partial charge in [-0.05, 0) is 12.8 Å². The molecule has 1 unspecified atom stereocenters. The number of carbonyl (C=O) groups is 1. The van der Waals surface area contributed by atoms with Crippen LogP contribution in [0, 0.1) is 0 Å². The molecule has 0 fully saturated rings. The van der Waals surface area contributed by atoms with E-state index < -0.39 is 0 Å². The van der Waals surface area contributed by atoms with Gasteiger partial charge < -0.3 is 14.0 Å². The molecule has 0 N–H and O–H groups in total. The van der Waals surface area contributed by atoms with Crippen molar-refractivity contribution in [2.45, 2.75) is 78.1 Å². The van der Waals surface area contributed by atoms with E-state index >= 15 is 0 Å². The third kappa shape index (κ3) is 8.72. The minimum absolute atomic E-state index is 0.0756. The Morgan fingerprint density at radius 1 is 1.07 bits per heavy atom. The molecule has 0 spiro atoms. The molecule has 0 amide bonds. The quantitative estimate of drug-likeness (QED) is 0.213. The summed E-state index contributed by atoms with van der Waals surface area (Å²) in [5.74, 6) is 0.594. The fourth-order valence-corrected chi connectivity index (χ4v) is 4.32. The molecule has 0 saturated carbocycles.